The second-order valence-electron chi connectivity index (χ2n) is 4.65. The van der Waals surface area contributed by atoms with Crippen LogP contribution >= 0.6 is 0 Å². The average molecular weight is 288 g/mol. The summed E-state index contributed by atoms with van der Waals surface area (Å²) in [4.78, 5) is 11.8. The Labute approximate surface area is 117 Å². The maximum Gasteiger partial charge on any atom is 0.333 e. The number of carbonyl (C=O) groups is 1. The zero-order valence-electron chi connectivity index (χ0n) is 12.2. The fourth-order valence-electron chi connectivity index (χ4n) is 1.96. The van der Waals surface area contributed by atoms with Gasteiger partial charge in [0.05, 0.1) is 12.1 Å². The summed E-state index contributed by atoms with van der Waals surface area (Å²) in [6.45, 7) is 4.72. The van der Waals surface area contributed by atoms with Gasteiger partial charge in [-0.05, 0) is 26.8 Å². The van der Waals surface area contributed by atoms with E-state index in [4.69, 9.17) is 0 Å². The van der Waals surface area contributed by atoms with Gasteiger partial charge < -0.3 is 10.6 Å². The smallest absolute Gasteiger partial charge is 0.333 e. The third-order valence-corrected chi connectivity index (χ3v) is 3.05. The lowest BCUT2D eigenvalue weighted by Crippen LogP contribution is -2.33. The number of hydrogen-bond donors (Lipinski definition) is 2. The van der Waals surface area contributed by atoms with Gasteiger partial charge in [-0.15, -0.1) is 0 Å². The molecule has 0 radical (unpaired) electrons. The number of hydrogen-bond acceptors (Lipinski definition) is 3. The predicted molar refractivity (Wildman–Crippen MR) is 72.8 cm³/mol. The Hall–Kier alpha value is -1.50. The third-order valence-electron chi connectivity index (χ3n) is 3.05. The fourth-order valence-corrected chi connectivity index (χ4v) is 1.96. The van der Waals surface area contributed by atoms with Crippen molar-refractivity contribution >= 4 is 5.91 Å². The van der Waals surface area contributed by atoms with Gasteiger partial charge in [0.2, 0.25) is 5.91 Å². The van der Waals surface area contributed by atoms with Crippen LogP contribution in [0.3, 0.4) is 0 Å². The molecule has 0 fully saturated rings. The van der Waals surface area contributed by atoms with Crippen LogP contribution in [0.15, 0.2) is 0 Å². The predicted octanol–water partition coefficient (Wildman–Crippen LogP) is 1.55. The highest BCUT2D eigenvalue weighted by Gasteiger charge is 2.18. The minimum absolute atomic E-state index is 0.0815. The summed E-state index contributed by atoms with van der Waals surface area (Å²) >= 11 is 0. The van der Waals surface area contributed by atoms with Gasteiger partial charge in [-0.2, -0.15) is 13.9 Å². The zero-order chi connectivity index (χ0) is 15.1. The Bertz CT molecular complexity index is 446. The van der Waals surface area contributed by atoms with E-state index in [9.17, 15) is 13.6 Å². The second-order valence-corrected chi connectivity index (χ2v) is 4.65. The molecular formula is C13H22F2N4O. The van der Waals surface area contributed by atoms with E-state index in [0.717, 1.165) is 13.0 Å². The van der Waals surface area contributed by atoms with E-state index in [0.29, 0.717) is 34.7 Å². The first-order chi connectivity index (χ1) is 9.47. The summed E-state index contributed by atoms with van der Waals surface area (Å²) in [5.74, 6) is -0.177. The van der Waals surface area contributed by atoms with Crippen molar-refractivity contribution in [3.8, 4) is 0 Å². The molecule has 0 saturated carbocycles. The zero-order valence-corrected chi connectivity index (χ0v) is 12.2. The Kier molecular flexibility index (Phi) is 6.57. The molecule has 0 unspecified atom stereocenters. The van der Waals surface area contributed by atoms with Gasteiger partial charge in [-0.3, -0.25) is 4.79 Å². The SMILES string of the molecule is CCCNCCNC(=O)Cc1c(C)nn(C(F)F)c1C. The van der Waals surface area contributed by atoms with Gasteiger partial charge in [0.1, 0.15) is 0 Å². The first-order valence-electron chi connectivity index (χ1n) is 6.77. The average Bonchev–Trinajstić information content (AvgIpc) is 2.66. The maximum absolute atomic E-state index is 12.7. The lowest BCUT2D eigenvalue weighted by Gasteiger charge is -2.07. The van der Waals surface area contributed by atoms with Crippen molar-refractivity contribution in [3.63, 3.8) is 0 Å². The fraction of sp³-hybridized carbons (Fsp3) is 0.692. The first-order valence-corrected chi connectivity index (χ1v) is 6.77. The number of aromatic nitrogens is 2. The van der Waals surface area contributed by atoms with E-state index in [1.54, 1.807) is 13.8 Å². The molecule has 114 valence electrons. The number of alkyl halides is 2. The number of halogens is 2. The molecule has 2 N–H and O–H groups in total. The Balaban J connectivity index is 2.50. The monoisotopic (exact) mass is 288 g/mol. The second kappa shape index (κ2) is 7.94. The van der Waals surface area contributed by atoms with Crippen LogP contribution in [-0.4, -0.2) is 35.3 Å². The van der Waals surface area contributed by atoms with Crippen molar-refractivity contribution in [3.05, 3.63) is 17.0 Å². The molecule has 0 bridgehead atoms. The molecule has 1 aromatic rings. The summed E-state index contributed by atoms with van der Waals surface area (Å²) in [6, 6.07) is 0. The summed E-state index contributed by atoms with van der Waals surface area (Å²) in [6.07, 6.45) is 1.12. The van der Waals surface area contributed by atoms with Crippen LogP contribution < -0.4 is 10.6 Å². The van der Waals surface area contributed by atoms with Crippen LogP contribution in [0.25, 0.3) is 0 Å². The van der Waals surface area contributed by atoms with Crippen LogP contribution in [0, 0.1) is 13.8 Å². The highest BCUT2D eigenvalue weighted by atomic mass is 19.3. The van der Waals surface area contributed by atoms with E-state index in [2.05, 4.69) is 22.7 Å². The molecule has 0 aromatic carbocycles. The van der Waals surface area contributed by atoms with Gasteiger partial charge in [-0.1, -0.05) is 6.92 Å². The van der Waals surface area contributed by atoms with Crippen LogP contribution in [0.5, 0.6) is 0 Å². The quantitative estimate of drug-likeness (QED) is 0.714. The molecule has 1 rings (SSSR count). The van der Waals surface area contributed by atoms with Crippen molar-refractivity contribution in [1.82, 2.24) is 20.4 Å². The van der Waals surface area contributed by atoms with E-state index in [-0.39, 0.29) is 12.3 Å². The van der Waals surface area contributed by atoms with Gasteiger partial charge >= 0.3 is 6.55 Å². The maximum atomic E-state index is 12.7. The molecule has 5 nitrogen and oxygen atoms in total. The van der Waals surface area contributed by atoms with Crippen molar-refractivity contribution in [1.29, 1.82) is 0 Å². The summed E-state index contributed by atoms with van der Waals surface area (Å²) in [5.41, 5.74) is 1.39. The summed E-state index contributed by atoms with van der Waals surface area (Å²) in [5, 5.41) is 9.68. The minimum atomic E-state index is -2.68. The summed E-state index contributed by atoms with van der Waals surface area (Å²) in [7, 11) is 0. The number of nitrogens with one attached hydrogen (secondary N) is 2. The summed E-state index contributed by atoms with van der Waals surface area (Å²) < 4.78 is 26.0. The number of nitrogens with zero attached hydrogens (tertiary/aromatic N) is 2. The van der Waals surface area contributed by atoms with Crippen molar-refractivity contribution in [2.45, 2.75) is 40.2 Å². The van der Waals surface area contributed by atoms with Crippen LogP contribution in [0.1, 0.15) is 36.8 Å². The number of aryl methyl sites for hydroxylation is 1. The third kappa shape index (κ3) is 4.56. The van der Waals surface area contributed by atoms with Gasteiger partial charge in [0.25, 0.3) is 0 Å². The molecule has 20 heavy (non-hydrogen) atoms. The Morgan fingerprint density at radius 3 is 2.55 bits per heavy atom. The standard InChI is InChI=1S/C13H22F2N4O/c1-4-5-16-6-7-17-12(20)8-11-9(2)18-19(10(11)3)13(14)15/h13,16H,4-8H2,1-3H3,(H,17,20). The van der Waals surface area contributed by atoms with Gasteiger partial charge in [0, 0.05) is 24.3 Å². The van der Waals surface area contributed by atoms with Crippen molar-refractivity contribution in [2.75, 3.05) is 19.6 Å². The number of carbonyl (C=O) groups excluding carboxylic acids is 1. The molecule has 1 heterocycles. The molecule has 1 amide bonds. The van der Waals surface area contributed by atoms with Crippen LogP contribution in [0.4, 0.5) is 8.78 Å². The minimum Gasteiger partial charge on any atom is -0.355 e. The van der Waals surface area contributed by atoms with E-state index in [1.165, 1.54) is 0 Å². The molecular weight excluding hydrogens is 266 g/mol. The largest absolute Gasteiger partial charge is 0.355 e. The van der Waals surface area contributed by atoms with Gasteiger partial charge in [-0.25, -0.2) is 4.68 Å². The lowest BCUT2D eigenvalue weighted by atomic mass is 10.1. The Morgan fingerprint density at radius 2 is 2.00 bits per heavy atom. The normalized spacial score (nSPS) is 11.1. The first kappa shape index (κ1) is 16.6. The molecule has 0 aliphatic heterocycles. The number of rotatable bonds is 8. The molecule has 0 aliphatic carbocycles. The van der Waals surface area contributed by atoms with E-state index < -0.39 is 6.55 Å². The highest BCUT2D eigenvalue weighted by molar-refractivity contribution is 5.79. The molecule has 0 atom stereocenters. The van der Waals surface area contributed by atoms with Crippen LogP contribution in [0.2, 0.25) is 0 Å². The van der Waals surface area contributed by atoms with Crippen molar-refractivity contribution in [2.24, 2.45) is 0 Å². The molecule has 0 saturated heterocycles. The van der Waals surface area contributed by atoms with Crippen LogP contribution in [-0.2, 0) is 11.2 Å². The lowest BCUT2D eigenvalue weighted by molar-refractivity contribution is -0.120. The number of amides is 1. The van der Waals surface area contributed by atoms with Gasteiger partial charge in [0.15, 0.2) is 0 Å². The molecule has 7 heteroatoms. The highest BCUT2D eigenvalue weighted by Crippen LogP contribution is 2.19. The molecule has 0 spiro atoms. The Morgan fingerprint density at radius 1 is 1.30 bits per heavy atom. The molecule has 1 aromatic heterocycles. The topological polar surface area (TPSA) is 58.9 Å². The van der Waals surface area contributed by atoms with E-state index in [1.807, 2.05) is 0 Å². The molecule has 0 aliphatic rings. The van der Waals surface area contributed by atoms with E-state index >= 15 is 0 Å². The van der Waals surface area contributed by atoms with Crippen molar-refractivity contribution < 1.29 is 13.6 Å².